The number of carbonyl (C=O) groups is 1. The Labute approximate surface area is 197 Å². The first kappa shape index (κ1) is 26.1. The molecular formula is C20H28FIN4O3S. The number of nitrogens with one attached hydrogen (secondary N) is 2. The third-order valence-corrected chi connectivity index (χ3v) is 5.30. The predicted octanol–water partition coefficient (Wildman–Crippen LogP) is 4.21. The first-order valence-corrected chi connectivity index (χ1v) is 10.2. The Morgan fingerprint density at radius 3 is 2.70 bits per heavy atom. The molecule has 0 aliphatic heterocycles. The van der Waals surface area contributed by atoms with Gasteiger partial charge in [-0.15, -0.1) is 35.3 Å². The number of rotatable bonds is 8. The molecule has 7 nitrogen and oxygen atoms in total. The summed E-state index contributed by atoms with van der Waals surface area (Å²) in [5, 5.41) is 7.19. The van der Waals surface area contributed by atoms with Crippen LogP contribution >= 0.6 is 35.3 Å². The first-order valence-electron chi connectivity index (χ1n) is 9.41. The van der Waals surface area contributed by atoms with Gasteiger partial charge in [0.15, 0.2) is 17.5 Å². The summed E-state index contributed by atoms with van der Waals surface area (Å²) >= 11 is 1.30. The number of halogens is 2. The first-order chi connectivity index (χ1) is 13.9. The lowest BCUT2D eigenvalue weighted by molar-refractivity contribution is 0.0531. The molecule has 2 aromatic rings. The van der Waals surface area contributed by atoms with Crippen molar-refractivity contribution in [2.75, 3.05) is 20.3 Å². The maximum absolute atomic E-state index is 13.9. The predicted molar refractivity (Wildman–Crippen MR) is 128 cm³/mol. The lowest BCUT2D eigenvalue weighted by Crippen LogP contribution is -2.38. The summed E-state index contributed by atoms with van der Waals surface area (Å²) in [5.74, 6) is -0.00553. The fraction of sp³-hybridized carbons (Fsp3) is 0.450. The number of carbonyl (C=O) groups excluding carboxylic acids is 1. The quantitative estimate of drug-likeness (QED) is 0.222. The summed E-state index contributed by atoms with van der Waals surface area (Å²) in [5.41, 5.74) is 1.37. The van der Waals surface area contributed by atoms with Gasteiger partial charge in [-0.05, 0) is 45.4 Å². The van der Waals surface area contributed by atoms with E-state index in [1.54, 1.807) is 26.0 Å². The lowest BCUT2D eigenvalue weighted by Gasteiger charge is -2.16. The van der Waals surface area contributed by atoms with E-state index < -0.39 is 5.82 Å². The molecule has 0 aliphatic carbocycles. The molecule has 2 rings (SSSR count). The number of thiazole rings is 1. The minimum absolute atomic E-state index is 0. The van der Waals surface area contributed by atoms with Gasteiger partial charge in [-0.1, -0.05) is 6.07 Å². The number of aromatic nitrogens is 1. The number of hydrogen-bond donors (Lipinski definition) is 2. The van der Waals surface area contributed by atoms with Crippen LogP contribution in [0.5, 0.6) is 5.75 Å². The number of esters is 1. The molecule has 1 aromatic carbocycles. The SMILES string of the molecule is CCNC(=NCc1ccc(OC)c(F)c1)NC(C)c1nc(C)c(C(=O)OCC)s1.I. The minimum atomic E-state index is -0.420. The van der Waals surface area contributed by atoms with Crippen LogP contribution in [0.15, 0.2) is 23.2 Å². The van der Waals surface area contributed by atoms with Crippen LogP contribution in [0.4, 0.5) is 4.39 Å². The second kappa shape index (κ2) is 12.7. The molecule has 0 spiro atoms. The summed E-state index contributed by atoms with van der Waals surface area (Å²) in [6.45, 7) is 8.75. The van der Waals surface area contributed by atoms with Crippen molar-refractivity contribution in [2.24, 2.45) is 4.99 Å². The van der Waals surface area contributed by atoms with Crippen LogP contribution in [0, 0.1) is 12.7 Å². The number of hydrogen-bond acceptors (Lipinski definition) is 6. The molecule has 0 saturated carbocycles. The molecule has 30 heavy (non-hydrogen) atoms. The molecule has 166 valence electrons. The molecule has 0 fully saturated rings. The van der Waals surface area contributed by atoms with Gasteiger partial charge in [0.2, 0.25) is 0 Å². The Bertz CT molecular complexity index is 876. The van der Waals surface area contributed by atoms with Crippen LogP contribution in [-0.4, -0.2) is 37.2 Å². The average molecular weight is 550 g/mol. The van der Waals surface area contributed by atoms with Gasteiger partial charge in [-0.3, -0.25) is 0 Å². The van der Waals surface area contributed by atoms with Crippen molar-refractivity contribution < 1.29 is 18.7 Å². The topological polar surface area (TPSA) is 84.8 Å². The molecule has 10 heteroatoms. The van der Waals surface area contributed by atoms with Crippen molar-refractivity contribution in [3.63, 3.8) is 0 Å². The Morgan fingerprint density at radius 1 is 1.37 bits per heavy atom. The molecular weight excluding hydrogens is 522 g/mol. The maximum Gasteiger partial charge on any atom is 0.350 e. The second-order valence-corrected chi connectivity index (χ2v) is 7.25. The van der Waals surface area contributed by atoms with E-state index in [2.05, 4.69) is 20.6 Å². The highest BCUT2D eigenvalue weighted by molar-refractivity contribution is 14.0. The van der Waals surface area contributed by atoms with Gasteiger partial charge in [0, 0.05) is 6.54 Å². The summed E-state index contributed by atoms with van der Waals surface area (Å²) in [7, 11) is 1.43. The maximum atomic E-state index is 13.9. The lowest BCUT2D eigenvalue weighted by atomic mass is 10.2. The Morgan fingerprint density at radius 2 is 2.10 bits per heavy atom. The summed E-state index contributed by atoms with van der Waals surface area (Å²) in [6.07, 6.45) is 0. The van der Waals surface area contributed by atoms with Gasteiger partial charge in [-0.25, -0.2) is 19.2 Å². The van der Waals surface area contributed by atoms with Gasteiger partial charge < -0.3 is 20.1 Å². The monoisotopic (exact) mass is 550 g/mol. The van der Waals surface area contributed by atoms with Gasteiger partial charge in [-0.2, -0.15) is 0 Å². The fourth-order valence-electron chi connectivity index (χ4n) is 2.55. The number of aryl methyl sites for hydroxylation is 1. The molecule has 2 N–H and O–H groups in total. The number of methoxy groups -OCH3 is 1. The number of aliphatic imine (C=N–C) groups is 1. The zero-order valence-corrected chi connectivity index (χ0v) is 20.9. The standard InChI is InChI=1S/C20H27FN4O3S.HI/c1-6-22-20(23-11-14-8-9-16(27-5)15(21)10-14)25-13(4)18-24-12(3)17(29-18)19(26)28-7-2;/h8-10,13H,6-7,11H2,1-5H3,(H2,22,23,25);1H. The van der Waals surface area contributed by atoms with Crippen molar-refractivity contribution in [2.45, 2.75) is 40.3 Å². The van der Waals surface area contributed by atoms with Crippen LogP contribution in [-0.2, 0) is 11.3 Å². The molecule has 0 aliphatic rings. The van der Waals surface area contributed by atoms with Crippen LogP contribution in [0.1, 0.15) is 52.7 Å². The van der Waals surface area contributed by atoms with Gasteiger partial charge >= 0.3 is 5.97 Å². The van der Waals surface area contributed by atoms with Crippen LogP contribution in [0.25, 0.3) is 0 Å². The van der Waals surface area contributed by atoms with E-state index in [0.717, 1.165) is 10.6 Å². The average Bonchev–Trinajstić information content (AvgIpc) is 3.08. The van der Waals surface area contributed by atoms with Crippen molar-refractivity contribution in [1.82, 2.24) is 15.6 Å². The van der Waals surface area contributed by atoms with E-state index in [4.69, 9.17) is 9.47 Å². The number of nitrogens with zero attached hydrogens (tertiary/aromatic N) is 2. The molecule has 0 bridgehead atoms. The van der Waals surface area contributed by atoms with Gasteiger partial charge in [0.05, 0.1) is 32.0 Å². The highest BCUT2D eigenvalue weighted by Crippen LogP contribution is 2.24. The minimum Gasteiger partial charge on any atom is -0.494 e. The molecule has 0 amide bonds. The fourth-order valence-corrected chi connectivity index (χ4v) is 3.52. The van der Waals surface area contributed by atoms with Crippen molar-refractivity contribution in [1.29, 1.82) is 0 Å². The smallest absolute Gasteiger partial charge is 0.350 e. The summed E-state index contributed by atoms with van der Waals surface area (Å²) < 4.78 is 23.9. The third kappa shape index (κ3) is 7.08. The van der Waals surface area contributed by atoms with E-state index in [-0.39, 0.29) is 41.7 Å². The second-order valence-electron chi connectivity index (χ2n) is 6.22. The highest BCUT2D eigenvalue weighted by atomic mass is 127. The molecule has 1 aromatic heterocycles. The highest BCUT2D eigenvalue weighted by Gasteiger charge is 2.20. The summed E-state index contributed by atoms with van der Waals surface area (Å²) in [6, 6.07) is 4.59. The van der Waals surface area contributed by atoms with Crippen molar-refractivity contribution in [3.05, 3.63) is 45.2 Å². The van der Waals surface area contributed by atoms with Crippen LogP contribution < -0.4 is 15.4 Å². The largest absolute Gasteiger partial charge is 0.494 e. The van der Waals surface area contributed by atoms with E-state index in [1.165, 1.54) is 24.5 Å². The zero-order chi connectivity index (χ0) is 21.4. The zero-order valence-electron chi connectivity index (χ0n) is 17.7. The molecule has 1 atom stereocenters. The van der Waals surface area contributed by atoms with E-state index in [9.17, 15) is 9.18 Å². The number of benzene rings is 1. The summed E-state index contributed by atoms with van der Waals surface area (Å²) in [4.78, 5) is 21.5. The van der Waals surface area contributed by atoms with Gasteiger partial charge in [0.1, 0.15) is 9.88 Å². The van der Waals surface area contributed by atoms with E-state index >= 15 is 0 Å². The normalized spacial score (nSPS) is 12.0. The number of guanidine groups is 1. The molecule has 0 saturated heterocycles. The van der Waals surface area contributed by atoms with Crippen molar-refractivity contribution >= 4 is 47.2 Å². The molecule has 0 radical (unpaired) electrons. The Kier molecular flexibility index (Phi) is 11.0. The number of ether oxygens (including phenoxy) is 2. The Balaban J connectivity index is 0.00000450. The Hall–Kier alpha value is -1.95. The van der Waals surface area contributed by atoms with Crippen molar-refractivity contribution in [3.8, 4) is 5.75 Å². The van der Waals surface area contributed by atoms with Crippen LogP contribution in [0.3, 0.4) is 0 Å². The van der Waals surface area contributed by atoms with E-state index in [0.29, 0.717) is 36.2 Å². The van der Waals surface area contributed by atoms with Gasteiger partial charge in [0.25, 0.3) is 0 Å². The molecule has 1 unspecified atom stereocenters. The van der Waals surface area contributed by atoms with E-state index in [1.807, 2.05) is 13.8 Å². The third-order valence-electron chi connectivity index (χ3n) is 3.98. The molecule has 1 heterocycles. The van der Waals surface area contributed by atoms with Crippen LogP contribution in [0.2, 0.25) is 0 Å².